The molecule has 3 heteroatoms. The molecule has 0 aromatic heterocycles. The van der Waals surface area contributed by atoms with E-state index < -0.39 is 0 Å². The molecule has 3 aliphatic heterocycles. The Kier molecular flexibility index (Phi) is 3.14. The Hall–Kier alpha value is -0.900. The van der Waals surface area contributed by atoms with Gasteiger partial charge >= 0.3 is 0 Å². The molecule has 18 heavy (non-hydrogen) atoms. The van der Waals surface area contributed by atoms with Crippen LogP contribution in [0.3, 0.4) is 0 Å². The number of rotatable bonds is 2. The topological polar surface area (TPSA) is 32.5 Å². The van der Waals surface area contributed by atoms with Crippen LogP contribution in [0.2, 0.25) is 0 Å². The minimum atomic E-state index is 0.146. The fourth-order valence-corrected chi connectivity index (χ4v) is 3.19. The number of nitrogens with zero attached hydrogens (tertiary/aromatic N) is 2. The summed E-state index contributed by atoms with van der Waals surface area (Å²) >= 11 is 0. The molecule has 3 nitrogen and oxygen atoms in total. The van der Waals surface area contributed by atoms with Crippen LogP contribution < -0.4 is 5.73 Å². The number of benzene rings is 1. The summed E-state index contributed by atoms with van der Waals surface area (Å²) in [5.41, 5.74) is 10.5. The zero-order valence-corrected chi connectivity index (χ0v) is 11.4. The average molecular weight is 245 g/mol. The second-order valence-corrected chi connectivity index (χ2v) is 5.77. The van der Waals surface area contributed by atoms with E-state index >= 15 is 0 Å². The van der Waals surface area contributed by atoms with Crippen molar-refractivity contribution >= 4 is 0 Å². The van der Waals surface area contributed by atoms with Gasteiger partial charge in [0.2, 0.25) is 0 Å². The summed E-state index contributed by atoms with van der Waals surface area (Å²) in [4.78, 5) is 5.12. The van der Waals surface area contributed by atoms with Gasteiger partial charge in [0, 0.05) is 44.8 Å². The van der Waals surface area contributed by atoms with Crippen molar-refractivity contribution < 1.29 is 0 Å². The Morgan fingerprint density at radius 3 is 2.39 bits per heavy atom. The molecule has 1 aromatic rings. The fraction of sp³-hybridized carbons (Fsp3) is 0.600. The number of fused-ring (bicyclic) bond motifs is 3. The highest BCUT2D eigenvalue weighted by molar-refractivity contribution is 5.32. The molecule has 2 N–H and O–H groups in total. The van der Waals surface area contributed by atoms with Crippen molar-refractivity contribution in [3.05, 3.63) is 34.9 Å². The van der Waals surface area contributed by atoms with Crippen LogP contribution in [0.4, 0.5) is 0 Å². The van der Waals surface area contributed by atoms with E-state index in [0.717, 1.165) is 6.54 Å². The third-order valence-electron chi connectivity index (χ3n) is 4.65. The molecule has 1 aromatic carbocycles. The summed E-state index contributed by atoms with van der Waals surface area (Å²) in [6.45, 7) is 10.3. The molecule has 0 saturated carbocycles. The highest BCUT2D eigenvalue weighted by Crippen LogP contribution is 2.26. The molecular formula is C15H23N3. The van der Waals surface area contributed by atoms with Gasteiger partial charge < -0.3 is 5.73 Å². The maximum Gasteiger partial charge on any atom is 0.0465 e. The lowest BCUT2D eigenvalue weighted by Crippen LogP contribution is -2.63. The van der Waals surface area contributed by atoms with E-state index in [1.165, 1.54) is 42.9 Å². The van der Waals surface area contributed by atoms with Crippen LogP contribution in [0, 0.1) is 13.8 Å². The van der Waals surface area contributed by atoms with E-state index in [0.29, 0.717) is 6.04 Å². The second-order valence-electron chi connectivity index (χ2n) is 5.77. The van der Waals surface area contributed by atoms with Crippen molar-refractivity contribution in [3.63, 3.8) is 0 Å². The molecular weight excluding hydrogens is 222 g/mol. The van der Waals surface area contributed by atoms with E-state index in [4.69, 9.17) is 5.73 Å². The molecule has 0 spiro atoms. The van der Waals surface area contributed by atoms with Crippen LogP contribution >= 0.6 is 0 Å². The second kappa shape index (κ2) is 4.65. The number of hydrogen-bond acceptors (Lipinski definition) is 3. The predicted molar refractivity (Wildman–Crippen MR) is 74.6 cm³/mol. The Morgan fingerprint density at radius 2 is 1.83 bits per heavy atom. The van der Waals surface area contributed by atoms with Gasteiger partial charge in [0.25, 0.3) is 0 Å². The third-order valence-corrected chi connectivity index (χ3v) is 4.65. The van der Waals surface area contributed by atoms with Gasteiger partial charge in [0.15, 0.2) is 0 Å². The van der Waals surface area contributed by atoms with Crippen LogP contribution in [-0.4, -0.2) is 48.6 Å². The minimum Gasteiger partial charge on any atom is -0.323 e. The predicted octanol–water partition coefficient (Wildman–Crippen LogP) is 1.30. The molecule has 3 saturated heterocycles. The third kappa shape index (κ3) is 2.07. The van der Waals surface area contributed by atoms with Crippen molar-refractivity contribution in [1.29, 1.82) is 0 Å². The molecule has 0 amide bonds. The standard InChI is InChI=1S/C15H23N3/c1-11-3-4-13(9-12(11)2)15(16)14-10-17-5-7-18(14)8-6-17/h3-4,9,14-15H,5-8,10,16H2,1-2H3. The van der Waals surface area contributed by atoms with E-state index in [1.807, 2.05) is 0 Å². The summed E-state index contributed by atoms with van der Waals surface area (Å²) in [7, 11) is 0. The normalized spacial score (nSPS) is 32.5. The van der Waals surface area contributed by atoms with Crippen molar-refractivity contribution in [2.24, 2.45) is 5.73 Å². The first kappa shape index (κ1) is 12.2. The lowest BCUT2D eigenvalue weighted by Gasteiger charge is -2.49. The first-order valence-corrected chi connectivity index (χ1v) is 6.94. The van der Waals surface area contributed by atoms with Crippen molar-refractivity contribution in [2.75, 3.05) is 32.7 Å². The van der Waals surface area contributed by atoms with E-state index in [2.05, 4.69) is 41.8 Å². The minimum absolute atomic E-state index is 0.146. The van der Waals surface area contributed by atoms with Crippen molar-refractivity contribution in [2.45, 2.75) is 25.9 Å². The Balaban J connectivity index is 1.81. The summed E-state index contributed by atoms with van der Waals surface area (Å²) in [5, 5.41) is 0. The lowest BCUT2D eigenvalue weighted by atomic mass is 9.93. The van der Waals surface area contributed by atoms with Gasteiger partial charge in [-0.05, 0) is 30.5 Å². The van der Waals surface area contributed by atoms with E-state index in [-0.39, 0.29) is 6.04 Å². The van der Waals surface area contributed by atoms with Crippen molar-refractivity contribution in [1.82, 2.24) is 9.80 Å². The summed E-state index contributed by atoms with van der Waals surface area (Å²) in [5.74, 6) is 0. The van der Waals surface area contributed by atoms with E-state index in [1.54, 1.807) is 0 Å². The first-order valence-electron chi connectivity index (χ1n) is 6.94. The lowest BCUT2D eigenvalue weighted by molar-refractivity contribution is 0.00214. The number of hydrogen-bond donors (Lipinski definition) is 1. The summed E-state index contributed by atoms with van der Waals surface area (Å²) < 4.78 is 0. The molecule has 98 valence electrons. The van der Waals surface area contributed by atoms with Gasteiger partial charge in [0.05, 0.1) is 0 Å². The molecule has 2 bridgehead atoms. The smallest absolute Gasteiger partial charge is 0.0465 e. The monoisotopic (exact) mass is 245 g/mol. The van der Waals surface area contributed by atoms with Crippen LogP contribution in [0.15, 0.2) is 18.2 Å². The SMILES string of the molecule is Cc1ccc(C(N)C2CN3CCN2CC3)cc1C. The van der Waals surface area contributed by atoms with Crippen LogP contribution in [-0.2, 0) is 0 Å². The van der Waals surface area contributed by atoms with Crippen LogP contribution in [0.1, 0.15) is 22.7 Å². The molecule has 3 aliphatic rings. The van der Waals surface area contributed by atoms with Gasteiger partial charge in [-0.1, -0.05) is 18.2 Å². The average Bonchev–Trinajstić information content (AvgIpc) is 2.42. The zero-order chi connectivity index (χ0) is 12.7. The summed E-state index contributed by atoms with van der Waals surface area (Å²) in [6, 6.07) is 7.30. The molecule has 0 radical (unpaired) electrons. The maximum absolute atomic E-state index is 6.51. The Morgan fingerprint density at radius 1 is 1.11 bits per heavy atom. The van der Waals surface area contributed by atoms with Crippen LogP contribution in [0.5, 0.6) is 0 Å². The molecule has 3 heterocycles. The summed E-state index contributed by atoms with van der Waals surface area (Å²) in [6.07, 6.45) is 0. The fourth-order valence-electron chi connectivity index (χ4n) is 3.19. The molecule has 4 rings (SSSR count). The van der Waals surface area contributed by atoms with Gasteiger partial charge in [-0.25, -0.2) is 0 Å². The van der Waals surface area contributed by atoms with Gasteiger partial charge in [-0.15, -0.1) is 0 Å². The highest BCUT2D eigenvalue weighted by atomic mass is 15.3. The largest absolute Gasteiger partial charge is 0.323 e. The number of piperazine rings is 3. The van der Waals surface area contributed by atoms with Gasteiger partial charge in [-0.3, -0.25) is 9.80 Å². The van der Waals surface area contributed by atoms with Crippen LogP contribution in [0.25, 0.3) is 0 Å². The highest BCUT2D eigenvalue weighted by Gasteiger charge is 2.35. The zero-order valence-electron chi connectivity index (χ0n) is 11.4. The van der Waals surface area contributed by atoms with Gasteiger partial charge in [0.1, 0.15) is 0 Å². The van der Waals surface area contributed by atoms with Gasteiger partial charge in [-0.2, -0.15) is 0 Å². The molecule has 2 unspecified atom stereocenters. The molecule has 3 fully saturated rings. The molecule has 0 aliphatic carbocycles. The Labute approximate surface area is 110 Å². The maximum atomic E-state index is 6.51. The van der Waals surface area contributed by atoms with E-state index in [9.17, 15) is 0 Å². The first-order chi connectivity index (χ1) is 8.65. The molecule has 2 atom stereocenters. The quantitative estimate of drug-likeness (QED) is 0.852. The van der Waals surface area contributed by atoms with Crippen molar-refractivity contribution in [3.8, 4) is 0 Å². The number of nitrogens with two attached hydrogens (primary N) is 1. The Bertz CT molecular complexity index is 435. The number of aryl methyl sites for hydroxylation is 2.